The Bertz CT molecular complexity index is 554. The number of hydrogen-bond donors (Lipinski definition) is 0. The van der Waals surface area contributed by atoms with Crippen LogP contribution in [-0.2, 0) is 26.1 Å². The largest absolute Gasteiger partial charge is 0.469 e. The van der Waals surface area contributed by atoms with Crippen LogP contribution in [0.15, 0.2) is 24.3 Å². The van der Waals surface area contributed by atoms with Crippen LogP contribution in [0.5, 0.6) is 0 Å². The fourth-order valence-corrected chi connectivity index (χ4v) is 2.99. The summed E-state index contributed by atoms with van der Waals surface area (Å²) in [6, 6.07) is 7.73. The molecule has 0 aliphatic carbocycles. The summed E-state index contributed by atoms with van der Waals surface area (Å²) in [5, 5.41) is 0. The summed E-state index contributed by atoms with van der Waals surface area (Å²) in [5.74, 6) is -0.439. The second-order valence-corrected chi connectivity index (χ2v) is 6.94. The summed E-state index contributed by atoms with van der Waals surface area (Å²) in [7, 11) is -0.506. The molecule has 0 unspecified atom stereocenters. The van der Waals surface area contributed by atoms with Gasteiger partial charge in [0.2, 0.25) is 10.0 Å². The lowest BCUT2D eigenvalue weighted by atomic mass is 10.1. The maximum absolute atomic E-state index is 12.1. The molecule has 0 aliphatic heterocycles. The molecule has 6 heteroatoms. The molecule has 0 saturated carbocycles. The molecular formula is C14H21NO4S. The molecule has 20 heavy (non-hydrogen) atoms. The Morgan fingerprint density at radius 1 is 1.35 bits per heavy atom. The Kier molecular flexibility index (Phi) is 6.16. The highest BCUT2D eigenvalue weighted by Gasteiger charge is 2.18. The lowest BCUT2D eigenvalue weighted by Crippen LogP contribution is -2.29. The van der Waals surface area contributed by atoms with Gasteiger partial charge in [0, 0.05) is 20.0 Å². The lowest BCUT2D eigenvalue weighted by molar-refractivity contribution is -0.140. The SMILES string of the molecule is COC(=O)CCCS(=O)(=O)N(C)Cc1cccc(C)c1. The van der Waals surface area contributed by atoms with E-state index >= 15 is 0 Å². The molecule has 0 atom stereocenters. The first kappa shape index (κ1) is 16.7. The minimum absolute atomic E-state index is 0.0512. The Labute approximate surface area is 120 Å². The van der Waals surface area contributed by atoms with Crippen LogP contribution in [-0.4, -0.2) is 38.6 Å². The average Bonchev–Trinajstić information content (AvgIpc) is 2.38. The summed E-state index contributed by atoms with van der Waals surface area (Å²) in [6.45, 7) is 2.30. The number of hydrogen-bond acceptors (Lipinski definition) is 4. The minimum atomic E-state index is -3.35. The van der Waals surface area contributed by atoms with Gasteiger partial charge in [0.1, 0.15) is 0 Å². The second kappa shape index (κ2) is 7.40. The number of esters is 1. The molecule has 0 saturated heterocycles. The van der Waals surface area contributed by atoms with Crippen molar-refractivity contribution in [3.8, 4) is 0 Å². The van der Waals surface area contributed by atoms with Crippen molar-refractivity contribution >= 4 is 16.0 Å². The van der Waals surface area contributed by atoms with E-state index in [2.05, 4.69) is 4.74 Å². The number of rotatable bonds is 7. The Morgan fingerprint density at radius 2 is 2.05 bits per heavy atom. The van der Waals surface area contributed by atoms with Crippen molar-refractivity contribution in [1.82, 2.24) is 4.31 Å². The maximum atomic E-state index is 12.1. The third kappa shape index (κ3) is 5.30. The van der Waals surface area contributed by atoms with Crippen molar-refractivity contribution in [3.63, 3.8) is 0 Å². The maximum Gasteiger partial charge on any atom is 0.305 e. The molecule has 0 aliphatic rings. The molecule has 0 radical (unpaired) electrons. The molecule has 0 bridgehead atoms. The zero-order valence-electron chi connectivity index (χ0n) is 12.1. The van der Waals surface area contributed by atoms with Crippen LogP contribution in [0.25, 0.3) is 0 Å². The quantitative estimate of drug-likeness (QED) is 0.719. The van der Waals surface area contributed by atoms with Gasteiger partial charge in [-0.15, -0.1) is 0 Å². The van der Waals surface area contributed by atoms with E-state index in [1.165, 1.54) is 11.4 Å². The summed E-state index contributed by atoms with van der Waals surface area (Å²) >= 11 is 0. The summed E-state index contributed by atoms with van der Waals surface area (Å²) < 4.78 is 29.9. The molecule has 0 spiro atoms. The summed E-state index contributed by atoms with van der Waals surface area (Å²) in [4.78, 5) is 11.0. The van der Waals surface area contributed by atoms with E-state index < -0.39 is 10.0 Å². The van der Waals surface area contributed by atoms with Crippen molar-refractivity contribution in [2.75, 3.05) is 19.9 Å². The van der Waals surface area contributed by atoms with Crippen molar-refractivity contribution < 1.29 is 17.9 Å². The van der Waals surface area contributed by atoms with Gasteiger partial charge in [0.25, 0.3) is 0 Å². The minimum Gasteiger partial charge on any atom is -0.469 e. The molecule has 112 valence electrons. The number of aryl methyl sites for hydroxylation is 1. The van der Waals surface area contributed by atoms with Crippen molar-refractivity contribution in [2.24, 2.45) is 0 Å². The number of benzene rings is 1. The molecule has 1 aromatic rings. The van der Waals surface area contributed by atoms with Crippen LogP contribution in [0.4, 0.5) is 0 Å². The molecule has 0 fully saturated rings. The first-order chi connectivity index (χ1) is 9.35. The van der Waals surface area contributed by atoms with Gasteiger partial charge in [-0.05, 0) is 18.9 Å². The van der Waals surface area contributed by atoms with Crippen LogP contribution >= 0.6 is 0 Å². The number of nitrogens with zero attached hydrogens (tertiary/aromatic N) is 1. The molecule has 5 nitrogen and oxygen atoms in total. The standard InChI is InChI=1S/C14H21NO4S/c1-12-6-4-7-13(10-12)11-15(2)20(17,18)9-5-8-14(16)19-3/h4,6-7,10H,5,8-9,11H2,1-3H3. The smallest absolute Gasteiger partial charge is 0.305 e. The van der Waals surface area contributed by atoms with Crippen molar-refractivity contribution in [2.45, 2.75) is 26.3 Å². The van der Waals surface area contributed by atoms with E-state index in [0.717, 1.165) is 11.1 Å². The van der Waals surface area contributed by atoms with Gasteiger partial charge < -0.3 is 4.74 Å². The van der Waals surface area contributed by atoms with Gasteiger partial charge in [-0.3, -0.25) is 4.79 Å². The fraction of sp³-hybridized carbons (Fsp3) is 0.500. The highest BCUT2D eigenvalue weighted by Crippen LogP contribution is 2.11. The van der Waals surface area contributed by atoms with E-state index in [-0.39, 0.29) is 24.6 Å². The van der Waals surface area contributed by atoms with Crippen LogP contribution in [0.3, 0.4) is 0 Å². The van der Waals surface area contributed by atoms with Gasteiger partial charge in [0.05, 0.1) is 12.9 Å². The first-order valence-corrected chi connectivity index (χ1v) is 8.02. The van der Waals surface area contributed by atoms with Crippen LogP contribution in [0.1, 0.15) is 24.0 Å². The lowest BCUT2D eigenvalue weighted by Gasteiger charge is -2.17. The number of carbonyl (C=O) groups excluding carboxylic acids is 1. The fourth-order valence-electron chi connectivity index (χ4n) is 1.82. The number of ether oxygens (including phenoxy) is 1. The van der Waals surface area contributed by atoms with E-state index in [4.69, 9.17) is 0 Å². The van der Waals surface area contributed by atoms with Crippen LogP contribution in [0.2, 0.25) is 0 Å². The van der Waals surface area contributed by atoms with Gasteiger partial charge in [-0.1, -0.05) is 29.8 Å². The summed E-state index contributed by atoms with van der Waals surface area (Å²) in [5.41, 5.74) is 2.04. The monoisotopic (exact) mass is 299 g/mol. The van der Waals surface area contributed by atoms with E-state index in [0.29, 0.717) is 6.54 Å². The van der Waals surface area contributed by atoms with Gasteiger partial charge in [-0.25, -0.2) is 12.7 Å². The normalized spacial score (nSPS) is 11.6. The molecule has 1 rings (SSSR count). The zero-order chi connectivity index (χ0) is 15.2. The molecule has 1 aromatic carbocycles. The Hall–Kier alpha value is -1.40. The second-order valence-electron chi connectivity index (χ2n) is 4.74. The van der Waals surface area contributed by atoms with Crippen molar-refractivity contribution in [3.05, 3.63) is 35.4 Å². The van der Waals surface area contributed by atoms with E-state index in [1.54, 1.807) is 7.05 Å². The topological polar surface area (TPSA) is 63.7 Å². The highest BCUT2D eigenvalue weighted by molar-refractivity contribution is 7.89. The number of sulfonamides is 1. The van der Waals surface area contributed by atoms with Crippen LogP contribution in [0, 0.1) is 6.92 Å². The predicted octanol–water partition coefficient (Wildman–Crippen LogP) is 1.71. The van der Waals surface area contributed by atoms with Gasteiger partial charge in [-0.2, -0.15) is 0 Å². The van der Waals surface area contributed by atoms with E-state index in [1.807, 2.05) is 31.2 Å². The van der Waals surface area contributed by atoms with Crippen LogP contribution < -0.4 is 0 Å². The molecule has 0 aromatic heterocycles. The molecule has 0 heterocycles. The predicted molar refractivity (Wildman–Crippen MR) is 77.7 cm³/mol. The highest BCUT2D eigenvalue weighted by atomic mass is 32.2. The first-order valence-electron chi connectivity index (χ1n) is 6.41. The molecule has 0 amide bonds. The Balaban J connectivity index is 2.56. The number of carbonyl (C=O) groups is 1. The molecular weight excluding hydrogens is 278 g/mol. The van der Waals surface area contributed by atoms with E-state index in [9.17, 15) is 13.2 Å². The third-order valence-corrected chi connectivity index (χ3v) is 4.86. The third-order valence-electron chi connectivity index (χ3n) is 2.97. The van der Waals surface area contributed by atoms with Gasteiger partial charge >= 0.3 is 5.97 Å². The Morgan fingerprint density at radius 3 is 2.65 bits per heavy atom. The summed E-state index contributed by atoms with van der Waals surface area (Å²) in [6.07, 6.45) is 0.390. The van der Waals surface area contributed by atoms with Crippen molar-refractivity contribution in [1.29, 1.82) is 0 Å². The molecule has 0 N–H and O–H groups in total. The average molecular weight is 299 g/mol. The zero-order valence-corrected chi connectivity index (χ0v) is 12.9. The van der Waals surface area contributed by atoms with Gasteiger partial charge in [0.15, 0.2) is 0 Å². The number of methoxy groups -OCH3 is 1.